The predicted octanol–water partition coefficient (Wildman–Crippen LogP) is 4.68. The first kappa shape index (κ1) is 14.3. The second-order valence-electron chi connectivity index (χ2n) is 3.97. The Hall–Kier alpha value is -1.13. The lowest BCUT2D eigenvalue weighted by molar-refractivity contribution is -0.129. The first-order chi connectivity index (χ1) is 9.22. The van der Waals surface area contributed by atoms with Crippen molar-refractivity contribution in [3.63, 3.8) is 0 Å². The normalized spacial score (nSPS) is 13.6. The first-order valence-electron chi connectivity index (χ1n) is 5.75. The molecular weight excluding hydrogens is 372 g/mol. The van der Waals surface area contributed by atoms with E-state index in [2.05, 4.69) is 56.1 Å². The summed E-state index contributed by atoms with van der Waals surface area (Å²) in [5.41, 5.74) is 3.38. The standard InChI is InChI=1S/C15H12Br2O2/c16-14(15(17)19-10-18)13-8-6-12(7-9-13)11-4-2-1-3-5-11/h1-10,14-15H. The molecule has 0 aliphatic heterocycles. The fraction of sp³-hybridized carbons (Fsp3) is 0.133. The average molecular weight is 384 g/mol. The molecule has 0 heterocycles. The average Bonchev–Trinajstić information content (AvgIpc) is 2.48. The van der Waals surface area contributed by atoms with Crippen LogP contribution in [0.1, 0.15) is 10.4 Å². The lowest BCUT2D eigenvalue weighted by Crippen LogP contribution is -2.09. The van der Waals surface area contributed by atoms with E-state index < -0.39 is 0 Å². The van der Waals surface area contributed by atoms with Gasteiger partial charge in [-0.3, -0.25) is 4.79 Å². The van der Waals surface area contributed by atoms with Gasteiger partial charge in [-0.15, -0.1) is 0 Å². The Labute approximate surface area is 129 Å². The van der Waals surface area contributed by atoms with E-state index >= 15 is 0 Å². The number of hydrogen-bond donors (Lipinski definition) is 0. The zero-order chi connectivity index (χ0) is 13.7. The van der Waals surface area contributed by atoms with Crippen molar-refractivity contribution in [2.45, 2.75) is 9.84 Å². The third-order valence-corrected chi connectivity index (χ3v) is 5.21. The van der Waals surface area contributed by atoms with Crippen molar-refractivity contribution in [1.29, 1.82) is 0 Å². The summed E-state index contributed by atoms with van der Waals surface area (Å²) in [5.74, 6) is 0. The lowest BCUT2D eigenvalue weighted by Gasteiger charge is -2.15. The van der Waals surface area contributed by atoms with E-state index in [4.69, 9.17) is 4.74 Å². The fourth-order valence-electron chi connectivity index (χ4n) is 1.76. The van der Waals surface area contributed by atoms with Gasteiger partial charge in [-0.25, -0.2) is 0 Å². The molecule has 0 fully saturated rings. The van der Waals surface area contributed by atoms with E-state index in [-0.39, 0.29) is 9.84 Å². The van der Waals surface area contributed by atoms with Gasteiger partial charge in [0.25, 0.3) is 6.47 Å². The number of carbonyl (C=O) groups is 1. The number of benzene rings is 2. The second kappa shape index (κ2) is 6.87. The molecule has 2 atom stereocenters. The molecule has 0 saturated heterocycles. The van der Waals surface area contributed by atoms with Gasteiger partial charge in [0.1, 0.15) is 0 Å². The molecular formula is C15H12Br2O2. The Morgan fingerprint density at radius 3 is 2.05 bits per heavy atom. The van der Waals surface area contributed by atoms with Crippen molar-refractivity contribution < 1.29 is 9.53 Å². The summed E-state index contributed by atoms with van der Waals surface area (Å²) in [6.07, 6.45) is 0. The van der Waals surface area contributed by atoms with Crippen LogP contribution in [0.3, 0.4) is 0 Å². The van der Waals surface area contributed by atoms with E-state index in [1.807, 2.05) is 30.3 Å². The van der Waals surface area contributed by atoms with Crippen LogP contribution < -0.4 is 0 Å². The van der Waals surface area contributed by atoms with Gasteiger partial charge in [0, 0.05) is 0 Å². The van der Waals surface area contributed by atoms with Gasteiger partial charge in [-0.05, 0) is 32.6 Å². The third kappa shape index (κ3) is 3.67. The number of alkyl halides is 2. The topological polar surface area (TPSA) is 26.3 Å². The van der Waals surface area contributed by atoms with Crippen molar-refractivity contribution in [2.24, 2.45) is 0 Å². The Bertz CT molecular complexity index is 526. The monoisotopic (exact) mass is 382 g/mol. The predicted molar refractivity (Wildman–Crippen MR) is 83.4 cm³/mol. The molecule has 0 amide bonds. The molecule has 0 N–H and O–H groups in total. The zero-order valence-corrected chi connectivity index (χ0v) is 13.2. The fourth-order valence-corrected chi connectivity index (χ4v) is 2.59. The Morgan fingerprint density at radius 2 is 1.47 bits per heavy atom. The SMILES string of the molecule is O=COC(Br)C(Br)c1ccc(-c2ccccc2)cc1. The van der Waals surface area contributed by atoms with Crippen LogP contribution in [0, 0.1) is 0 Å². The number of rotatable bonds is 5. The maximum Gasteiger partial charge on any atom is 0.294 e. The maximum atomic E-state index is 10.3. The molecule has 0 radical (unpaired) electrons. The van der Waals surface area contributed by atoms with Crippen molar-refractivity contribution in [2.75, 3.05) is 0 Å². The van der Waals surface area contributed by atoms with E-state index in [1.165, 1.54) is 5.56 Å². The molecule has 0 aliphatic carbocycles. The summed E-state index contributed by atoms with van der Waals surface area (Å²) in [4.78, 5) is 10.2. The number of halogens is 2. The van der Waals surface area contributed by atoms with Gasteiger partial charge in [-0.1, -0.05) is 70.5 Å². The van der Waals surface area contributed by atoms with E-state index in [9.17, 15) is 4.79 Å². The maximum absolute atomic E-state index is 10.3. The molecule has 2 rings (SSSR count). The number of carbonyl (C=O) groups excluding carboxylic acids is 1. The van der Waals surface area contributed by atoms with Crippen LogP contribution in [0.25, 0.3) is 11.1 Å². The van der Waals surface area contributed by atoms with Gasteiger partial charge >= 0.3 is 0 Å². The Kier molecular flexibility index (Phi) is 5.16. The summed E-state index contributed by atoms with van der Waals surface area (Å²) < 4.78 is 4.86. The minimum absolute atomic E-state index is 0.0810. The molecule has 2 aromatic carbocycles. The summed E-state index contributed by atoms with van der Waals surface area (Å²) in [6.45, 7) is 0.437. The Balaban J connectivity index is 2.17. The molecule has 19 heavy (non-hydrogen) atoms. The minimum Gasteiger partial charge on any atom is -0.451 e. The Morgan fingerprint density at radius 1 is 0.895 bits per heavy atom. The quantitative estimate of drug-likeness (QED) is 0.553. The number of hydrogen-bond acceptors (Lipinski definition) is 2. The third-order valence-electron chi connectivity index (χ3n) is 2.75. The van der Waals surface area contributed by atoms with Crippen LogP contribution in [0.5, 0.6) is 0 Å². The van der Waals surface area contributed by atoms with Crippen molar-refractivity contribution in [3.05, 3.63) is 60.2 Å². The zero-order valence-electron chi connectivity index (χ0n) is 10.0. The van der Waals surface area contributed by atoms with Crippen molar-refractivity contribution in [3.8, 4) is 11.1 Å². The van der Waals surface area contributed by atoms with E-state index in [1.54, 1.807) is 0 Å². The van der Waals surface area contributed by atoms with Gasteiger partial charge in [0.2, 0.25) is 0 Å². The highest BCUT2D eigenvalue weighted by molar-refractivity contribution is 9.12. The van der Waals surface area contributed by atoms with Crippen LogP contribution >= 0.6 is 31.9 Å². The summed E-state index contributed by atoms with van der Waals surface area (Å²) in [5, 5.41) is -0.382. The second-order valence-corrected chi connectivity index (χ2v) is 5.86. The van der Waals surface area contributed by atoms with Crippen LogP contribution in [0.2, 0.25) is 0 Å². The van der Waals surface area contributed by atoms with Gasteiger partial charge in [0.05, 0.1) is 4.83 Å². The molecule has 0 aromatic heterocycles. The molecule has 0 aliphatic rings. The summed E-state index contributed by atoms with van der Waals surface area (Å²) >= 11 is 6.81. The largest absolute Gasteiger partial charge is 0.451 e. The van der Waals surface area contributed by atoms with Crippen molar-refractivity contribution >= 4 is 38.3 Å². The molecule has 2 unspecified atom stereocenters. The molecule has 0 saturated carbocycles. The molecule has 2 aromatic rings. The minimum atomic E-state index is -0.382. The lowest BCUT2D eigenvalue weighted by atomic mass is 10.0. The smallest absolute Gasteiger partial charge is 0.294 e. The van der Waals surface area contributed by atoms with Crippen LogP contribution in [-0.4, -0.2) is 11.5 Å². The van der Waals surface area contributed by atoms with Gasteiger partial charge in [-0.2, -0.15) is 0 Å². The van der Waals surface area contributed by atoms with Crippen LogP contribution in [0.4, 0.5) is 0 Å². The number of ether oxygens (including phenoxy) is 1. The van der Waals surface area contributed by atoms with E-state index in [0.717, 1.165) is 11.1 Å². The highest BCUT2D eigenvalue weighted by Gasteiger charge is 2.18. The highest BCUT2D eigenvalue weighted by atomic mass is 79.9. The summed E-state index contributed by atoms with van der Waals surface area (Å²) in [6, 6.07) is 18.3. The van der Waals surface area contributed by atoms with Crippen molar-refractivity contribution in [1.82, 2.24) is 0 Å². The molecule has 0 spiro atoms. The van der Waals surface area contributed by atoms with E-state index in [0.29, 0.717) is 6.47 Å². The van der Waals surface area contributed by atoms with Gasteiger partial charge < -0.3 is 4.74 Å². The first-order valence-corrected chi connectivity index (χ1v) is 7.58. The molecule has 2 nitrogen and oxygen atoms in total. The summed E-state index contributed by atoms with van der Waals surface area (Å²) in [7, 11) is 0. The molecule has 98 valence electrons. The highest BCUT2D eigenvalue weighted by Crippen LogP contribution is 2.32. The van der Waals surface area contributed by atoms with Crippen LogP contribution in [-0.2, 0) is 9.53 Å². The van der Waals surface area contributed by atoms with Crippen LogP contribution in [0.15, 0.2) is 54.6 Å². The van der Waals surface area contributed by atoms with Gasteiger partial charge in [0.15, 0.2) is 5.01 Å². The molecule has 0 bridgehead atoms. The molecule has 4 heteroatoms.